The third-order valence-corrected chi connectivity index (χ3v) is 3.94. The molecule has 0 N–H and O–H groups in total. The van der Waals surface area contributed by atoms with Crippen LogP contribution in [0.2, 0.25) is 0 Å². The Morgan fingerprint density at radius 1 is 0.917 bits per heavy atom. The summed E-state index contributed by atoms with van der Waals surface area (Å²) in [6.45, 7) is 4.88. The number of benzene rings is 2. The van der Waals surface area contributed by atoms with Crippen molar-refractivity contribution in [2.24, 2.45) is 0 Å². The van der Waals surface area contributed by atoms with Crippen LogP contribution in [0.1, 0.15) is 43.7 Å². The van der Waals surface area contributed by atoms with Gasteiger partial charge in [0.25, 0.3) is 0 Å². The molecule has 0 heterocycles. The van der Waals surface area contributed by atoms with E-state index >= 15 is 0 Å². The van der Waals surface area contributed by atoms with E-state index in [1.165, 1.54) is 0 Å². The van der Waals surface area contributed by atoms with Gasteiger partial charge in [-0.3, -0.25) is 0 Å². The van der Waals surface area contributed by atoms with Gasteiger partial charge in [-0.15, -0.1) is 0 Å². The van der Waals surface area contributed by atoms with Gasteiger partial charge < -0.3 is 9.47 Å². The average Bonchev–Trinajstić information content (AvgIpc) is 2.63. The van der Waals surface area contributed by atoms with Crippen LogP contribution in [0.4, 0.5) is 0 Å². The first kappa shape index (κ1) is 18.2. The van der Waals surface area contributed by atoms with Gasteiger partial charge in [-0.05, 0) is 24.5 Å². The SMILES string of the molecule is CCCCOC(=O)C(OCC)C(c1ccccc1)c1ccccc1. The zero-order valence-corrected chi connectivity index (χ0v) is 14.5. The number of carbonyl (C=O) groups is 1. The summed E-state index contributed by atoms with van der Waals surface area (Å²) in [5.41, 5.74) is 2.10. The Hall–Kier alpha value is -2.13. The third kappa shape index (κ3) is 4.93. The van der Waals surface area contributed by atoms with E-state index in [-0.39, 0.29) is 11.9 Å². The van der Waals surface area contributed by atoms with E-state index in [0.29, 0.717) is 13.2 Å². The lowest BCUT2D eigenvalue weighted by Gasteiger charge is -2.26. The second-order valence-electron chi connectivity index (χ2n) is 5.70. The van der Waals surface area contributed by atoms with Crippen molar-refractivity contribution in [3.05, 3.63) is 71.8 Å². The highest BCUT2D eigenvalue weighted by Crippen LogP contribution is 2.30. The summed E-state index contributed by atoms with van der Waals surface area (Å²) in [5.74, 6) is -0.468. The van der Waals surface area contributed by atoms with Crippen LogP contribution in [0.25, 0.3) is 0 Å². The summed E-state index contributed by atoms with van der Waals surface area (Å²) in [7, 11) is 0. The van der Waals surface area contributed by atoms with Gasteiger partial charge in [-0.25, -0.2) is 4.79 Å². The summed E-state index contributed by atoms with van der Waals surface area (Å²) >= 11 is 0. The van der Waals surface area contributed by atoms with Gasteiger partial charge >= 0.3 is 5.97 Å². The van der Waals surface area contributed by atoms with Crippen LogP contribution in [0, 0.1) is 0 Å². The average molecular weight is 326 g/mol. The van der Waals surface area contributed by atoms with Gasteiger partial charge in [0, 0.05) is 12.5 Å². The molecule has 1 unspecified atom stereocenters. The largest absolute Gasteiger partial charge is 0.464 e. The minimum atomic E-state index is -0.642. The van der Waals surface area contributed by atoms with Crippen molar-refractivity contribution in [2.45, 2.75) is 38.7 Å². The van der Waals surface area contributed by atoms with E-state index in [1.807, 2.05) is 67.6 Å². The summed E-state index contributed by atoms with van der Waals surface area (Å²) in [4.78, 5) is 12.6. The first-order valence-electron chi connectivity index (χ1n) is 8.66. The van der Waals surface area contributed by atoms with E-state index in [9.17, 15) is 4.79 Å². The molecule has 0 amide bonds. The topological polar surface area (TPSA) is 35.5 Å². The van der Waals surface area contributed by atoms with Gasteiger partial charge in [0.15, 0.2) is 6.10 Å². The second kappa shape index (κ2) is 9.89. The van der Waals surface area contributed by atoms with Crippen molar-refractivity contribution in [1.82, 2.24) is 0 Å². The number of ether oxygens (including phenoxy) is 2. The number of hydrogen-bond donors (Lipinski definition) is 0. The first-order chi connectivity index (χ1) is 11.8. The third-order valence-electron chi connectivity index (χ3n) is 3.94. The molecule has 3 heteroatoms. The molecule has 0 radical (unpaired) electrons. The molecule has 3 nitrogen and oxygen atoms in total. The quantitative estimate of drug-likeness (QED) is 0.500. The second-order valence-corrected chi connectivity index (χ2v) is 5.70. The molecular formula is C21H26O3. The Kier molecular flexibility index (Phi) is 7.50. The monoisotopic (exact) mass is 326 g/mol. The number of rotatable bonds is 9. The van der Waals surface area contributed by atoms with Crippen LogP contribution in [-0.2, 0) is 14.3 Å². The fourth-order valence-electron chi connectivity index (χ4n) is 2.74. The highest BCUT2D eigenvalue weighted by Gasteiger charge is 2.32. The molecule has 0 aliphatic carbocycles. The fourth-order valence-corrected chi connectivity index (χ4v) is 2.74. The van der Waals surface area contributed by atoms with Crippen molar-refractivity contribution in [3.8, 4) is 0 Å². The maximum absolute atomic E-state index is 12.6. The Morgan fingerprint density at radius 2 is 1.46 bits per heavy atom. The molecule has 0 bridgehead atoms. The molecule has 0 spiro atoms. The lowest BCUT2D eigenvalue weighted by molar-refractivity contribution is -0.158. The lowest BCUT2D eigenvalue weighted by atomic mass is 9.86. The van der Waals surface area contributed by atoms with Crippen molar-refractivity contribution in [1.29, 1.82) is 0 Å². The van der Waals surface area contributed by atoms with E-state index in [2.05, 4.69) is 6.92 Å². The summed E-state index contributed by atoms with van der Waals surface area (Å²) in [5, 5.41) is 0. The van der Waals surface area contributed by atoms with Crippen LogP contribution in [0.5, 0.6) is 0 Å². The molecule has 0 aliphatic heterocycles. The molecule has 0 fully saturated rings. The van der Waals surface area contributed by atoms with Crippen molar-refractivity contribution in [3.63, 3.8) is 0 Å². The van der Waals surface area contributed by atoms with Crippen molar-refractivity contribution >= 4 is 5.97 Å². The van der Waals surface area contributed by atoms with E-state index < -0.39 is 6.10 Å². The maximum atomic E-state index is 12.6. The Labute approximate surface area is 144 Å². The number of esters is 1. The number of unbranched alkanes of at least 4 members (excludes halogenated alkanes) is 1. The van der Waals surface area contributed by atoms with Crippen LogP contribution in [-0.4, -0.2) is 25.3 Å². The lowest BCUT2D eigenvalue weighted by Crippen LogP contribution is -2.34. The van der Waals surface area contributed by atoms with E-state index in [1.54, 1.807) is 0 Å². The minimum Gasteiger partial charge on any atom is -0.464 e. The summed E-state index contributed by atoms with van der Waals surface area (Å²) < 4.78 is 11.3. The molecule has 24 heavy (non-hydrogen) atoms. The van der Waals surface area contributed by atoms with Gasteiger partial charge in [-0.2, -0.15) is 0 Å². The standard InChI is InChI=1S/C21H26O3/c1-3-5-16-24-21(22)20(23-4-2)19(17-12-8-6-9-13-17)18-14-10-7-11-15-18/h6-15,19-20H,3-5,16H2,1-2H3. The first-order valence-corrected chi connectivity index (χ1v) is 8.66. The minimum absolute atomic E-state index is 0.179. The molecule has 2 aromatic rings. The Bertz CT molecular complexity index is 555. The predicted molar refractivity (Wildman–Crippen MR) is 96.0 cm³/mol. The highest BCUT2D eigenvalue weighted by atomic mass is 16.6. The Balaban J connectivity index is 2.33. The Morgan fingerprint density at radius 3 is 1.92 bits per heavy atom. The molecule has 128 valence electrons. The van der Waals surface area contributed by atoms with Gasteiger partial charge in [-0.1, -0.05) is 74.0 Å². The zero-order valence-electron chi connectivity index (χ0n) is 14.5. The van der Waals surface area contributed by atoms with E-state index in [4.69, 9.17) is 9.47 Å². The molecule has 0 saturated carbocycles. The number of hydrogen-bond acceptors (Lipinski definition) is 3. The summed E-state index contributed by atoms with van der Waals surface area (Å²) in [6.07, 6.45) is 1.22. The highest BCUT2D eigenvalue weighted by molar-refractivity contribution is 5.77. The normalized spacial score (nSPS) is 12.1. The van der Waals surface area contributed by atoms with Crippen molar-refractivity contribution < 1.29 is 14.3 Å². The smallest absolute Gasteiger partial charge is 0.336 e. The van der Waals surface area contributed by atoms with Crippen LogP contribution >= 0.6 is 0 Å². The maximum Gasteiger partial charge on any atom is 0.336 e. The molecule has 0 aliphatic rings. The molecule has 2 rings (SSSR count). The molecule has 0 aromatic heterocycles. The number of carbonyl (C=O) groups excluding carboxylic acids is 1. The summed E-state index contributed by atoms with van der Waals surface area (Å²) in [6, 6.07) is 20.0. The van der Waals surface area contributed by atoms with Gasteiger partial charge in [0.2, 0.25) is 0 Å². The fraction of sp³-hybridized carbons (Fsp3) is 0.381. The molecule has 2 aromatic carbocycles. The van der Waals surface area contributed by atoms with Crippen LogP contribution in [0.15, 0.2) is 60.7 Å². The molecule has 1 atom stereocenters. The molecular weight excluding hydrogens is 300 g/mol. The van der Waals surface area contributed by atoms with Crippen molar-refractivity contribution in [2.75, 3.05) is 13.2 Å². The van der Waals surface area contributed by atoms with E-state index in [0.717, 1.165) is 24.0 Å². The van der Waals surface area contributed by atoms with Gasteiger partial charge in [0.1, 0.15) is 0 Å². The van der Waals surface area contributed by atoms with Gasteiger partial charge in [0.05, 0.1) is 6.61 Å². The van der Waals surface area contributed by atoms with Crippen LogP contribution < -0.4 is 0 Å². The zero-order chi connectivity index (χ0) is 17.2. The van der Waals surface area contributed by atoms with Crippen LogP contribution in [0.3, 0.4) is 0 Å². The molecule has 0 saturated heterocycles. The predicted octanol–water partition coefficient (Wildman–Crippen LogP) is 4.57.